The van der Waals surface area contributed by atoms with Gasteiger partial charge in [0.1, 0.15) is 0 Å². The van der Waals surface area contributed by atoms with Crippen LogP contribution in [-0.4, -0.2) is 10.9 Å². The first-order chi connectivity index (χ1) is 9.97. The van der Waals surface area contributed by atoms with Gasteiger partial charge >= 0.3 is 0 Å². The average Bonchev–Trinajstić information content (AvgIpc) is 2.48. The molecule has 0 heterocycles. The van der Waals surface area contributed by atoms with Crippen LogP contribution < -0.4 is 11.1 Å². The molecular weight excluding hydrogens is 304 g/mol. The predicted octanol–water partition coefficient (Wildman–Crippen LogP) is 3.75. The number of nitrogens with one attached hydrogen (secondary N) is 1. The van der Waals surface area contributed by atoms with E-state index in [2.05, 4.69) is 5.32 Å². The summed E-state index contributed by atoms with van der Waals surface area (Å²) in [6, 6.07) is 7.36. The van der Waals surface area contributed by atoms with E-state index in [0.29, 0.717) is 10.0 Å². The first-order valence-corrected chi connectivity index (χ1v) is 8.11. The molecule has 1 aliphatic rings. The van der Waals surface area contributed by atoms with Crippen LogP contribution >= 0.6 is 23.8 Å². The SMILES string of the molecule is CC(NC(=O)C1(C(N)=S)CCCCC1)c1ccccc1Cl. The molecule has 0 aliphatic heterocycles. The molecule has 3 N–H and O–H groups in total. The van der Waals surface area contributed by atoms with Crippen LogP contribution in [0.15, 0.2) is 24.3 Å². The fourth-order valence-electron chi connectivity index (χ4n) is 2.98. The fraction of sp³-hybridized carbons (Fsp3) is 0.500. The molecule has 0 spiro atoms. The number of hydrogen-bond donors (Lipinski definition) is 2. The minimum Gasteiger partial charge on any atom is -0.392 e. The van der Waals surface area contributed by atoms with Crippen molar-refractivity contribution in [3.05, 3.63) is 34.9 Å². The zero-order valence-electron chi connectivity index (χ0n) is 12.2. The quantitative estimate of drug-likeness (QED) is 0.829. The molecule has 5 heteroatoms. The third kappa shape index (κ3) is 3.38. The number of hydrogen-bond acceptors (Lipinski definition) is 2. The summed E-state index contributed by atoms with van der Waals surface area (Å²) in [4.78, 5) is 13.0. The number of halogens is 1. The summed E-state index contributed by atoms with van der Waals surface area (Å²) in [6.45, 7) is 1.93. The minimum absolute atomic E-state index is 0.0675. The highest BCUT2D eigenvalue weighted by molar-refractivity contribution is 7.80. The van der Waals surface area contributed by atoms with Gasteiger partial charge in [-0.1, -0.05) is 61.3 Å². The number of benzene rings is 1. The predicted molar refractivity (Wildman–Crippen MR) is 90.3 cm³/mol. The normalized spacial score (nSPS) is 18.8. The van der Waals surface area contributed by atoms with Gasteiger partial charge in [0.15, 0.2) is 0 Å². The van der Waals surface area contributed by atoms with E-state index in [0.717, 1.165) is 37.7 Å². The Labute approximate surface area is 136 Å². The van der Waals surface area contributed by atoms with E-state index in [-0.39, 0.29) is 11.9 Å². The Balaban J connectivity index is 2.16. The van der Waals surface area contributed by atoms with Crippen LogP contribution in [0.2, 0.25) is 5.02 Å². The van der Waals surface area contributed by atoms with Crippen LogP contribution in [0.1, 0.15) is 50.6 Å². The monoisotopic (exact) mass is 324 g/mol. The lowest BCUT2D eigenvalue weighted by Crippen LogP contribution is -2.50. The Morgan fingerprint density at radius 2 is 1.95 bits per heavy atom. The summed E-state index contributed by atoms with van der Waals surface area (Å²) in [7, 11) is 0. The van der Waals surface area contributed by atoms with Gasteiger partial charge in [0.25, 0.3) is 0 Å². The smallest absolute Gasteiger partial charge is 0.233 e. The van der Waals surface area contributed by atoms with E-state index in [1.54, 1.807) is 0 Å². The zero-order valence-corrected chi connectivity index (χ0v) is 13.8. The van der Waals surface area contributed by atoms with Crippen LogP contribution in [-0.2, 0) is 4.79 Å². The van der Waals surface area contributed by atoms with Gasteiger partial charge in [-0.25, -0.2) is 0 Å². The summed E-state index contributed by atoms with van der Waals surface area (Å²) in [6.07, 6.45) is 4.60. The summed E-state index contributed by atoms with van der Waals surface area (Å²) < 4.78 is 0. The standard InChI is InChI=1S/C16H21ClN2OS/c1-11(12-7-3-4-8-13(12)17)19-15(20)16(14(18)21)9-5-2-6-10-16/h3-4,7-8,11H,2,5-6,9-10H2,1H3,(H2,18,21)(H,19,20). The van der Waals surface area contributed by atoms with Crippen LogP contribution in [0, 0.1) is 5.41 Å². The zero-order chi connectivity index (χ0) is 15.5. The molecule has 21 heavy (non-hydrogen) atoms. The summed E-state index contributed by atoms with van der Waals surface area (Å²) in [5, 5.41) is 3.69. The molecule has 1 amide bonds. The molecule has 114 valence electrons. The second kappa shape index (κ2) is 6.75. The maximum absolute atomic E-state index is 12.7. The molecule has 0 aromatic heterocycles. The van der Waals surface area contributed by atoms with E-state index in [1.807, 2.05) is 31.2 Å². The molecule has 1 saturated carbocycles. The topological polar surface area (TPSA) is 55.1 Å². The number of carbonyl (C=O) groups is 1. The molecule has 3 nitrogen and oxygen atoms in total. The molecule has 1 aromatic rings. The largest absolute Gasteiger partial charge is 0.392 e. The average molecular weight is 325 g/mol. The highest BCUT2D eigenvalue weighted by Crippen LogP contribution is 2.37. The Morgan fingerprint density at radius 3 is 2.52 bits per heavy atom. The van der Waals surface area contributed by atoms with Crippen molar-refractivity contribution in [2.75, 3.05) is 0 Å². The van der Waals surface area contributed by atoms with Crippen molar-refractivity contribution in [3.8, 4) is 0 Å². The number of rotatable bonds is 4. The van der Waals surface area contributed by atoms with Crippen LogP contribution in [0.4, 0.5) is 0 Å². The van der Waals surface area contributed by atoms with Crippen molar-refractivity contribution in [2.24, 2.45) is 11.1 Å². The summed E-state index contributed by atoms with van der Waals surface area (Å²) in [5.74, 6) is -0.0675. The maximum Gasteiger partial charge on any atom is 0.233 e. The molecule has 0 saturated heterocycles. The van der Waals surface area contributed by atoms with Gasteiger partial charge in [-0.2, -0.15) is 0 Å². The molecule has 1 aromatic carbocycles. The Morgan fingerprint density at radius 1 is 1.33 bits per heavy atom. The Hall–Kier alpha value is -1.13. The number of amides is 1. The molecule has 1 unspecified atom stereocenters. The van der Waals surface area contributed by atoms with Crippen molar-refractivity contribution < 1.29 is 4.79 Å². The third-order valence-corrected chi connectivity index (χ3v) is 5.07. The van der Waals surface area contributed by atoms with E-state index >= 15 is 0 Å². The highest BCUT2D eigenvalue weighted by Gasteiger charge is 2.42. The second-order valence-electron chi connectivity index (χ2n) is 5.72. The van der Waals surface area contributed by atoms with Gasteiger partial charge in [0, 0.05) is 5.02 Å². The lowest BCUT2D eigenvalue weighted by molar-refractivity contribution is -0.129. The number of carbonyl (C=O) groups excluding carboxylic acids is 1. The van der Waals surface area contributed by atoms with Crippen LogP contribution in [0.25, 0.3) is 0 Å². The van der Waals surface area contributed by atoms with Crippen LogP contribution in [0.3, 0.4) is 0 Å². The molecule has 1 atom stereocenters. The minimum atomic E-state index is -0.691. The molecular formula is C16H21ClN2OS. The maximum atomic E-state index is 12.7. The highest BCUT2D eigenvalue weighted by atomic mass is 35.5. The van der Waals surface area contributed by atoms with Gasteiger partial charge in [-0.05, 0) is 31.4 Å². The first-order valence-electron chi connectivity index (χ1n) is 7.33. The lowest BCUT2D eigenvalue weighted by Gasteiger charge is -2.35. The van der Waals surface area contributed by atoms with Crippen molar-refractivity contribution in [1.29, 1.82) is 0 Å². The van der Waals surface area contributed by atoms with Gasteiger partial charge in [-0.15, -0.1) is 0 Å². The molecule has 0 bridgehead atoms. The number of nitrogens with two attached hydrogens (primary N) is 1. The van der Waals surface area contributed by atoms with Crippen LogP contribution in [0.5, 0.6) is 0 Å². The molecule has 0 radical (unpaired) electrons. The van der Waals surface area contributed by atoms with E-state index < -0.39 is 5.41 Å². The Bertz CT molecular complexity index is 541. The van der Waals surface area contributed by atoms with Crippen molar-refractivity contribution in [1.82, 2.24) is 5.32 Å². The lowest BCUT2D eigenvalue weighted by atomic mass is 9.73. The van der Waals surface area contributed by atoms with Gasteiger partial charge in [0.2, 0.25) is 5.91 Å². The second-order valence-corrected chi connectivity index (χ2v) is 6.57. The van der Waals surface area contributed by atoms with E-state index in [4.69, 9.17) is 29.6 Å². The third-order valence-electron chi connectivity index (χ3n) is 4.33. The van der Waals surface area contributed by atoms with Crippen molar-refractivity contribution >= 4 is 34.7 Å². The van der Waals surface area contributed by atoms with Crippen molar-refractivity contribution in [3.63, 3.8) is 0 Å². The van der Waals surface area contributed by atoms with Gasteiger partial charge in [0.05, 0.1) is 16.4 Å². The molecule has 1 aliphatic carbocycles. The summed E-state index contributed by atoms with van der Waals surface area (Å²) in [5.41, 5.74) is 6.10. The van der Waals surface area contributed by atoms with Crippen molar-refractivity contribution in [2.45, 2.75) is 45.1 Å². The van der Waals surface area contributed by atoms with E-state index in [1.165, 1.54) is 0 Å². The van der Waals surface area contributed by atoms with Gasteiger partial charge < -0.3 is 11.1 Å². The molecule has 1 fully saturated rings. The van der Waals surface area contributed by atoms with E-state index in [9.17, 15) is 4.79 Å². The summed E-state index contributed by atoms with van der Waals surface area (Å²) >= 11 is 11.4. The number of thiocarbonyl (C=S) groups is 1. The fourth-order valence-corrected chi connectivity index (χ4v) is 3.58. The van der Waals surface area contributed by atoms with Gasteiger partial charge in [-0.3, -0.25) is 4.79 Å². The first kappa shape index (κ1) is 16.2. The Kier molecular flexibility index (Phi) is 5.22. The molecule has 2 rings (SSSR count).